The van der Waals surface area contributed by atoms with Crippen LogP contribution < -0.4 is 10.6 Å². The maximum Gasteiger partial charge on any atom is 0.319 e. The number of benzene rings is 1. The van der Waals surface area contributed by atoms with E-state index in [1.54, 1.807) is 18.3 Å². The average molecular weight is 388 g/mol. The lowest BCUT2D eigenvalue weighted by molar-refractivity contribution is 0.240. The number of aryl methyl sites for hydroxylation is 1. The molecular formula is C19H24N4O3S. The van der Waals surface area contributed by atoms with Gasteiger partial charge in [0.05, 0.1) is 0 Å². The molecule has 2 N–H and O–H groups in total. The molecule has 2 amide bonds. The van der Waals surface area contributed by atoms with Crippen LogP contribution in [-0.2, 0) is 10.0 Å². The first-order valence-electron chi connectivity index (χ1n) is 8.97. The Morgan fingerprint density at radius 2 is 2.00 bits per heavy atom. The third-order valence-electron chi connectivity index (χ3n) is 4.67. The lowest BCUT2D eigenvalue weighted by Crippen LogP contribution is -2.42. The van der Waals surface area contributed by atoms with Gasteiger partial charge in [-0.2, -0.15) is 4.31 Å². The third kappa shape index (κ3) is 5.05. The first kappa shape index (κ1) is 19.3. The Morgan fingerprint density at radius 1 is 1.22 bits per heavy atom. The molecule has 0 spiro atoms. The molecule has 3 rings (SSSR count). The SMILES string of the molecule is Cc1cccc(NC(=O)NCC2CCN(S(=O)(=O)c3cccnc3)CC2)c1. The third-order valence-corrected chi connectivity index (χ3v) is 6.56. The van der Waals surface area contributed by atoms with Gasteiger partial charge >= 0.3 is 6.03 Å². The van der Waals surface area contributed by atoms with Gasteiger partial charge in [-0.05, 0) is 55.5 Å². The number of amides is 2. The first-order valence-corrected chi connectivity index (χ1v) is 10.4. The van der Waals surface area contributed by atoms with E-state index in [2.05, 4.69) is 15.6 Å². The fourth-order valence-electron chi connectivity index (χ4n) is 3.14. The molecule has 1 fully saturated rings. The van der Waals surface area contributed by atoms with Crippen molar-refractivity contribution in [3.8, 4) is 0 Å². The summed E-state index contributed by atoms with van der Waals surface area (Å²) in [6, 6.07) is 10.5. The van der Waals surface area contributed by atoms with Crippen LogP contribution >= 0.6 is 0 Å². The normalized spacial score (nSPS) is 16.0. The molecule has 0 saturated carbocycles. The molecule has 1 aliphatic heterocycles. The number of rotatable bonds is 5. The van der Waals surface area contributed by atoms with Gasteiger partial charge < -0.3 is 10.6 Å². The van der Waals surface area contributed by atoms with E-state index < -0.39 is 10.0 Å². The fourth-order valence-corrected chi connectivity index (χ4v) is 4.57. The smallest absolute Gasteiger partial charge is 0.319 e. The van der Waals surface area contributed by atoms with E-state index in [0.29, 0.717) is 32.5 Å². The summed E-state index contributed by atoms with van der Waals surface area (Å²) in [5.41, 5.74) is 1.83. The van der Waals surface area contributed by atoms with Crippen molar-refractivity contribution in [1.29, 1.82) is 0 Å². The number of urea groups is 1. The Hall–Kier alpha value is -2.45. The topological polar surface area (TPSA) is 91.4 Å². The molecule has 0 radical (unpaired) electrons. The van der Waals surface area contributed by atoms with Crippen LogP contribution in [0.3, 0.4) is 0 Å². The molecule has 1 aliphatic rings. The Morgan fingerprint density at radius 3 is 2.67 bits per heavy atom. The van der Waals surface area contributed by atoms with Crippen molar-refractivity contribution in [2.45, 2.75) is 24.7 Å². The zero-order valence-electron chi connectivity index (χ0n) is 15.3. The molecule has 0 unspecified atom stereocenters. The minimum Gasteiger partial charge on any atom is -0.338 e. The monoisotopic (exact) mass is 388 g/mol. The van der Waals surface area contributed by atoms with E-state index in [0.717, 1.165) is 11.3 Å². The second-order valence-electron chi connectivity index (χ2n) is 6.74. The molecule has 8 heteroatoms. The fraction of sp³-hybridized carbons (Fsp3) is 0.368. The summed E-state index contributed by atoms with van der Waals surface area (Å²) in [6.45, 7) is 3.39. The summed E-state index contributed by atoms with van der Waals surface area (Å²) < 4.78 is 26.7. The molecule has 0 atom stereocenters. The standard InChI is InChI=1S/C19H24N4O3S/c1-15-4-2-5-17(12-15)22-19(24)21-13-16-7-10-23(11-8-16)27(25,26)18-6-3-9-20-14-18/h2-6,9,12,14,16H,7-8,10-11,13H2,1H3,(H2,21,22,24). The van der Waals surface area contributed by atoms with Crippen molar-refractivity contribution in [3.05, 3.63) is 54.4 Å². The van der Waals surface area contributed by atoms with Crippen LogP contribution in [0.1, 0.15) is 18.4 Å². The maximum atomic E-state index is 12.6. The van der Waals surface area contributed by atoms with Gasteiger partial charge in [0.2, 0.25) is 10.0 Å². The summed E-state index contributed by atoms with van der Waals surface area (Å²) >= 11 is 0. The van der Waals surface area contributed by atoms with Crippen LogP contribution in [0.2, 0.25) is 0 Å². The van der Waals surface area contributed by atoms with Crippen LogP contribution in [0.5, 0.6) is 0 Å². The van der Waals surface area contributed by atoms with Crippen LogP contribution in [-0.4, -0.2) is 43.4 Å². The van der Waals surface area contributed by atoms with Gasteiger partial charge in [-0.15, -0.1) is 0 Å². The molecule has 0 bridgehead atoms. The molecule has 2 aromatic rings. The minimum absolute atomic E-state index is 0.221. The highest BCUT2D eigenvalue weighted by Crippen LogP contribution is 2.23. The molecule has 2 heterocycles. The molecule has 144 valence electrons. The summed E-state index contributed by atoms with van der Waals surface area (Å²) in [5.74, 6) is 0.258. The number of aromatic nitrogens is 1. The van der Waals surface area contributed by atoms with Crippen molar-refractivity contribution in [1.82, 2.24) is 14.6 Å². The van der Waals surface area contributed by atoms with Crippen molar-refractivity contribution >= 4 is 21.7 Å². The number of hydrogen-bond acceptors (Lipinski definition) is 4. The lowest BCUT2D eigenvalue weighted by Gasteiger charge is -2.31. The van der Waals surface area contributed by atoms with Gasteiger partial charge in [0.15, 0.2) is 0 Å². The van der Waals surface area contributed by atoms with Crippen molar-refractivity contribution in [2.75, 3.05) is 25.0 Å². The summed E-state index contributed by atoms with van der Waals surface area (Å²) in [4.78, 5) is 16.2. The molecule has 27 heavy (non-hydrogen) atoms. The number of piperidine rings is 1. The van der Waals surface area contributed by atoms with Gasteiger partial charge in [0, 0.05) is 37.7 Å². The van der Waals surface area contributed by atoms with Crippen LogP contribution in [0, 0.1) is 12.8 Å². The summed E-state index contributed by atoms with van der Waals surface area (Å²) in [5, 5.41) is 5.69. The van der Waals surface area contributed by atoms with E-state index in [9.17, 15) is 13.2 Å². The number of hydrogen-bond donors (Lipinski definition) is 2. The Kier molecular flexibility index (Phi) is 6.08. The number of nitrogens with zero attached hydrogens (tertiary/aromatic N) is 2. The van der Waals surface area contributed by atoms with Gasteiger partial charge in [-0.3, -0.25) is 4.98 Å². The van der Waals surface area contributed by atoms with Gasteiger partial charge in [0.25, 0.3) is 0 Å². The van der Waals surface area contributed by atoms with Crippen molar-refractivity contribution < 1.29 is 13.2 Å². The second kappa shape index (κ2) is 8.49. The number of nitrogens with one attached hydrogen (secondary N) is 2. The lowest BCUT2D eigenvalue weighted by atomic mass is 9.98. The highest BCUT2D eigenvalue weighted by atomic mass is 32.2. The van der Waals surface area contributed by atoms with Crippen molar-refractivity contribution in [3.63, 3.8) is 0 Å². The van der Waals surface area contributed by atoms with Crippen LogP contribution in [0.4, 0.5) is 10.5 Å². The zero-order chi connectivity index (χ0) is 19.3. The molecule has 0 aliphatic carbocycles. The number of carbonyl (C=O) groups is 1. The minimum atomic E-state index is -3.49. The number of pyridine rings is 1. The quantitative estimate of drug-likeness (QED) is 0.824. The maximum absolute atomic E-state index is 12.6. The predicted molar refractivity (Wildman–Crippen MR) is 104 cm³/mol. The van der Waals surface area contributed by atoms with Crippen LogP contribution in [0.15, 0.2) is 53.7 Å². The van der Waals surface area contributed by atoms with Crippen molar-refractivity contribution in [2.24, 2.45) is 5.92 Å². The number of anilines is 1. The van der Waals surface area contributed by atoms with E-state index >= 15 is 0 Å². The van der Waals surface area contributed by atoms with Gasteiger partial charge in [0.1, 0.15) is 4.90 Å². The molecule has 1 saturated heterocycles. The molecule has 1 aromatic heterocycles. The molecular weight excluding hydrogens is 364 g/mol. The molecule has 7 nitrogen and oxygen atoms in total. The Balaban J connectivity index is 1.46. The van der Waals surface area contributed by atoms with Gasteiger partial charge in [-0.25, -0.2) is 13.2 Å². The largest absolute Gasteiger partial charge is 0.338 e. The van der Waals surface area contributed by atoms with E-state index in [1.807, 2.05) is 31.2 Å². The van der Waals surface area contributed by atoms with E-state index in [-0.39, 0.29) is 16.8 Å². The summed E-state index contributed by atoms with van der Waals surface area (Å²) in [7, 11) is -3.49. The number of carbonyl (C=O) groups excluding carboxylic acids is 1. The second-order valence-corrected chi connectivity index (χ2v) is 8.68. The van der Waals surface area contributed by atoms with Crippen LogP contribution in [0.25, 0.3) is 0 Å². The van der Waals surface area contributed by atoms with E-state index in [4.69, 9.17) is 0 Å². The average Bonchev–Trinajstić information content (AvgIpc) is 2.67. The Bertz CT molecular complexity index is 879. The Labute approximate surface area is 159 Å². The number of sulfonamides is 1. The highest BCUT2D eigenvalue weighted by Gasteiger charge is 2.29. The first-order chi connectivity index (χ1) is 12.9. The predicted octanol–water partition coefficient (Wildman–Crippen LogP) is 2.61. The van der Waals surface area contributed by atoms with E-state index in [1.165, 1.54) is 10.5 Å². The zero-order valence-corrected chi connectivity index (χ0v) is 16.1. The van der Waals surface area contributed by atoms with Gasteiger partial charge in [-0.1, -0.05) is 12.1 Å². The molecule has 1 aromatic carbocycles. The highest BCUT2D eigenvalue weighted by molar-refractivity contribution is 7.89. The summed E-state index contributed by atoms with van der Waals surface area (Å²) in [6.07, 6.45) is 4.35.